The Hall–Kier alpha value is -2.96. The van der Waals surface area contributed by atoms with Crippen LogP contribution in [0.3, 0.4) is 0 Å². The van der Waals surface area contributed by atoms with Crippen molar-refractivity contribution in [3.8, 4) is 11.1 Å². The molecule has 0 saturated carbocycles. The molecule has 0 unspecified atom stereocenters. The number of carboxylic acid groups (broad SMARTS) is 1. The van der Waals surface area contributed by atoms with Crippen LogP contribution in [0.5, 0.6) is 0 Å². The van der Waals surface area contributed by atoms with Crippen molar-refractivity contribution < 1.29 is 24.5 Å². The van der Waals surface area contributed by atoms with Crippen LogP contribution in [0.2, 0.25) is 0 Å². The average molecular weight is 426 g/mol. The van der Waals surface area contributed by atoms with Crippen LogP contribution in [0.25, 0.3) is 28.1 Å². The normalized spacial score (nSPS) is 13.9. The molecular weight excluding hydrogens is 397 g/mol. The topological polar surface area (TPSA) is 82.7 Å². The molecule has 2 aromatic carbocycles. The highest BCUT2D eigenvalue weighted by molar-refractivity contribution is 6.02. The minimum absolute atomic E-state index is 0.0738. The van der Waals surface area contributed by atoms with Gasteiger partial charge in [-0.25, -0.2) is 4.39 Å². The molecule has 0 spiro atoms. The summed E-state index contributed by atoms with van der Waals surface area (Å²) in [5.74, 6) is -1.43. The molecule has 0 aliphatic carbocycles. The Kier molecular flexibility index (Phi) is 6.93. The van der Waals surface area contributed by atoms with Gasteiger partial charge in [-0.05, 0) is 56.2 Å². The van der Waals surface area contributed by atoms with Crippen LogP contribution in [0.1, 0.15) is 44.0 Å². The minimum Gasteiger partial charge on any atom is -0.481 e. The number of aliphatic hydroxyl groups excluding tert-OH is 2. The lowest BCUT2D eigenvalue weighted by atomic mass is 9.98. The van der Waals surface area contributed by atoms with E-state index < -0.39 is 24.6 Å². The molecule has 1 heterocycles. The van der Waals surface area contributed by atoms with E-state index in [-0.39, 0.29) is 18.3 Å². The van der Waals surface area contributed by atoms with Crippen molar-refractivity contribution in [2.45, 2.75) is 51.9 Å². The SMILES string of the molecule is Cc1cccc2c1c(-c1ccc(F)cc1)c(/C=C/[C@@H](O)C[C@@H](O)CC(=O)O)n2C(C)C. The van der Waals surface area contributed by atoms with Crippen molar-refractivity contribution in [3.63, 3.8) is 0 Å². The lowest BCUT2D eigenvalue weighted by molar-refractivity contribution is -0.139. The summed E-state index contributed by atoms with van der Waals surface area (Å²) in [4.78, 5) is 10.8. The third-order valence-electron chi connectivity index (χ3n) is 5.33. The first-order chi connectivity index (χ1) is 14.7. The van der Waals surface area contributed by atoms with Crippen molar-refractivity contribution in [1.82, 2.24) is 4.57 Å². The Morgan fingerprint density at radius 3 is 2.42 bits per heavy atom. The number of benzene rings is 2. The monoisotopic (exact) mass is 425 g/mol. The van der Waals surface area contributed by atoms with Crippen LogP contribution in [0.4, 0.5) is 4.39 Å². The van der Waals surface area contributed by atoms with Gasteiger partial charge in [-0.2, -0.15) is 0 Å². The van der Waals surface area contributed by atoms with Gasteiger partial charge in [-0.15, -0.1) is 0 Å². The number of nitrogens with zero attached hydrogens (tertiary/aromatic N) is 1. The summed E-state index contributed by atoms with van der Waals surface area (Å²) in [7, 11) is 0. The summed E-state index contributed by atoms with van der Waals surface area (Å²) >= 11 is 0. The first kappa shape index (κ1) is 22.7. The highest BCUT2D eigenvalue weighted by atomic mass is 19.1. The number of carbonyl (C=O) groups is 1. The molecule has 0 aliphatic heterocycles. The zero-order valence-electron chi connectivity index (χ0n) is 17.9. The molecule has 164 valence electrons. The molecule has 2 atom stereocenters. The number of halogens is 1. The number of aliphatic carboxylic acids is 1. The van der Waals surface area contributed by atoms with Crippen LogP contribution in [0.15, 0.2) is 48.5 Å². The third kappa shape index (κ3) is 5.03. The van der Waals surface area contributed by atoms with Crippen LogP contribution >= 0.6 is 0 Å². The van der Waals surface area contributed by atoms with Crippen LogP contribution in [-0.4, -0.2) is 38.1 Å². The van der Waals surface area contributed by atoms with E-state index in [9.17, 15) is 19.4 Å². The summed E-state index contributed by atoms with van der Waals surface area (Å²) in [6.45, 7) is 6.17. The maximum Gasteiger partial charge on any atom is 0.305 e. The van der Waals surface area contributed by atoms with Gasteiger partial charge in [0.15, 0.2) is 0 Å². The number of rotatable bonds is 8. The highest BCUT2D eigenvalue weighted by Gasteiger charge is 2.21. The van der Waals surface area contributed by atoms with Crippen LogP contribution < -0.4 is 0 Å². The van der Waals surface area contributed by atoms with Gasteiger partial charge in [-0.3, -0.25) is 4.79 Å². The molecule has 3 aromatic rings. The van der Waals surface area contributed by atoms with Crippen molar-refractivity contribution >= 4 is 22.9 Å². The smallest absolute Gasteiger partial charge is 0.305 e. The van der Waals surface area contributed by atoms with Gasteiger partial charge >= 0.3 is 5.97 Å². The van der Waals surface area contributed by atoms with Gasteiger partial charge in [-0.1, -0.05) is 30.3 Å². The predicted molar refractivity (Wildman–Crippen MR) is 120 cm³/mol. The van der Waals surface area contributed by atoms with Gasteiger partial charge in [0.05, 0.1) is 18.6 Å². The van der Waals surface area contributed by atoms with Crippen molar-refractivity contribution in [3.05, 3.63) is 65.6 Å². The Morgan fingerprint density at radius 2 is 1.81 bits per heavy atom. The van der Waals surface area contributed by atoms with E-state index in [0.717, 1.165) is 33.3 Å². The van der Waals surface area contributed by atoms with Gasteiger partial charge in [0.1, 0.15) is 5.82 Å². The van der Waals surface area contributed by atoms with E-state index in [2.05, 4.69) is 18.4 Å². The zero-order valence-corrected chi connectivity index (χ0v) is 17.9. The molecule has 3 N–H and O–H groups in total. The van der Waals surface area contributed by atoms with Gasteiger partial charge < -0.3 is 19.9 Å². The lowest BCUT2D eigenvalue weighted by Crippen LogP contribution is -2.19. The van der Waals surface area contributed by atoms with E-state index in [1.54, 1.807) is 24.3 Å². The van der Waals surface area contributed by atoms with Crippen LogP contribution in [0, 0.1) is 12.7 Å². The molecule has 0 amide bonds. The molecule has 0 bridgehead atoms. The molecule has 31 heavy (non-hydrogen) atoms. The van der Waals surface area contributed by atoms with Gasteiger partial charge in [0.2, 0.25) is 0 Å². The quantitative estimate of drug-likeness (QED) is 0.478. The molecule has 1 aromatic heterocycles. The van der Waals surface area contributed by atoms with Crippen molar-refractivity contribution in [2.24, 2.45) is 0 Å². The summed E-state index contributed by atoms with van der Waals surface area (Å²) in [6, 6.07) is 12.5. The summed E-state index contributed by atoms with van der Waals surface area (Å²) in [5.41, 5.74) is 4.78. The molecule has 0 radical (unpaired) electrons. The lowest BCUT2D eigenvalue weighted by Gasteiger charge is -2.15. The summed E-state index contributed by atoms with van der Waals surface area (Å²) < 4.78 is 15.7. The number of aliphatic hydroxyl groups is 2. The Balaban J connectivity index is 2.14. The van der Waals surface area contributed by atoms with E-state index in [1.165, 1.54) is 12.1 Å². The predicted octanol–water partition coefficient (Wildman–Crippen LogP) is 4.94. The molecule has 5 nitrogen and oxygen atoms in total. The second kappa shape index (κ2) is 9.45. The maximum atomic E-state index is 13.6. The molecule has 3 rings (SSSR count). The Bertz CT molecular complexity index is 1100. The standard InChI is InChI=1S/C25H28FNO4/c1-15(2)27-21-6-4-5-16(3)24(21)25(17-7-9-18(26)10-8-17)22(27)12-11-19(28)13-20(29)14-23(30)31/h4-12,15,19-20,28-29H,13-14H2,1-3H3,(H,30,31)/b12-11+/t19-,20-/m1/s1. The number of aryl methyl sites for hydroxylation is 1. The molecule has 0 aliphatic rings. The molecule has 0 fully saturated rings. The first-order valence-corrected chi connectivity index (χ1v) is 10.3. The highest BCUT2D eigenvalue weighted by Crippen LogP contribution is 2.39. The number of carboxylic acids is 1. The fraction of sp³-hybridized carbons (Fsp3) is 0.320. The number of fused-ring (bicyclic) bond motifs is 1. The van der Waals surface area contributed by atoms with E-state index in [1.807, 2.05) is 25.1 Å². The maximum absolute atomic E-state index is 13.6. The van der Waals surface area contributed by atoms with Crippen molar-refractivity contribution in [2.75, 3.05) is 0 Å². The third-order valence-corrected chi connectivity index (χ3v) is 5.33. The molecule has 0 saturated heterocycles. The van der Waals surface area contributed by atoms with E-state index >= 15 is 0 Å². The Morgan fingerprint density at radius 1 is 1.13 bits per heavy atom. The largest absolute Gasteiger partial charge is 0.481 e. The fourth-order valence-electron chi connectivity index (χ4n) is 4.03. The summed E-state index contributed by atoms with van der Waals surface area (Å²) in [5, 5.41) is 30.0. The number of hydrogen-bond acceptors (Lipinski definition) is 3. The first-order valence-electron chi connectivity index (χ1n) is 10.3. The van der Waals surface area contributed by atoms with Gasteiger partial charge in [0, 0.05) is 34.6 Å². The van der Waals surface area contributed by atoms with E-state index in [4.69, 9.17) is 5.11 Å². The van der Waals surface area contributed by atoms with Crippen molar-refractivity contribution in [1.29, 1.82) is 0 Å². The summed E-state index contributed by atoms with van der Waals surface area (Å²) in [6.07, 6.45) is 0.742. The fourth-order valence-corrected chi connectivity index (χ4v) is 4.03. The van der Waals surface area contributed by atoms with E-state index in [0.29, 0.717) is 0 Å². The molecule has 6 heteroatoms. The van der Waals surface area contributed by atoms with Gasteiger partial charge in [0.25, 0.3) is 0 Å². The average Bonchev–Trinajstić information content (AvgIpc) is 3.02. The Labute approximate surface area is 181 Å². The minimum atomic E-state index is -1.13. The zero-order chi connectivity index (χ0) is 22.7. The number of hydrogen-bond donors (Lipinski definition) is 3. The molecular formula is C25H28FNO4. The second-order valence-corrected chi connectivity index (χ2v) is 8.11. The second-order valence-electron chi connectivity index (χ2n) is 8.11. The van der Waals surface area contributed by atoms with Crippen LogP contribution in [-0.2, 0) is 4.79 Å². The number of aromatic nitrogens is 1.